The number of hydrogen-bond donors (Lipinski definition) is 1. The number of rotatable bonds is 9. The first-order chi connectivity index (χ1) is 13.0. The zero-order valence-corrected chi connectivity index (χ0v) is 16.1. The molecule has 2 aromatic carbocycles. The van der Waals surface area contributed by atoms with E-state index in [1.165, 1.54) is 12.1 Å². The van der Waals surface area contributed by atoms with Gasteiger partial charge >= 0.3 is 0 Å². The van der Waals surface area contributed by atoms with Crippen molar-refractivity contribution in [2.75, 3.05) is 14.2 Å². The number of ether oxygens (including phenoxy) is 3. The summed E-state index contributed by atoms with van der Waals surface area (Å²) in [6, 6.07) is 11.4. The second kappa shape index (κ2) is 9.80. The number of methoxy groups -OCH3 is 2. The highest BCUT2D eigenvalue weighted by molar-refractivity contribution is 5.81. The molecule has 1 N–H and O–H groups in total. The predicted octanol–water partition coefficient (Wildman–Crippen LogP) is 4.27. The number of halogens is 1. The SMILES string of the molecule is CC[C@@H](Oc1ccccc1F)C(=O)N[C@H](CC)c1ccc(OC)c(OC)c1. The minimum atomic E-state index is -0.781. The van der Waals surface area contributed by atoms with Crippen LogP contribution < -0.4 is 19.5 Å². The number of para-hydroxylation sites is 1. The number of carbonyl (C=O) groups is 1. The molecule has 0 unspecified atom stereocenters. The van der Waals surface area contributed by atoms with Gasteiger partial charge in [-0.3, -0.25) is 4.79 Å². The Morgan fingerprint density at radius 2 is 1.70 bits per heavy atom. The topological polar surface area (TPSA) is 56.8 Å². The summed E-state index contributed by atoms with van der Waals surface area (Å²) < 4.78 is 30.0. The van der Waals surface area contributed by atoms with Gasteiger partial charge in [0.05, 0.1) is 20.3 Å². The summed E-state index contributed by atoms with van der Waals surface area (Å²) in [6.45, 7) is 3.79. The Bertz CT molecular complexity index is 766. The van der Waals surface area contributed by atoms with Gasteiger partial charge in [0.15, 0.2) is 29.2 Å². The average molecular weight is 375 g/mol. The third kappa shape index (κ3) is 5.12. The molecular weight excluding hydrogens is 349 g/mol. The number of amides is 1. The largest absolute Gasteiger partial charge is 0.493 e. The van der Waals surface area contributed by atoms with Crippen molar-refractivity contribution in [1.82, 2.24) is 5.32 Å². The van der Waals surface area contributed by atoms with Crippen LogP contribution in [0.1, 0.15) is 38.3 Å². The Balaban J connectivity index is 2.14. The van der Waals surface area contributed by atoms with E-state index in [9.17, 15) is 9.18 Å². The predicted molar refractivity (Wildman–Crippen MR) is 102 cm³/mol. The number of benzene rings is 2. The molecule has 2 rings (SSSR count). The molecule has 0 saturated carbocycles. The molecule has 0 heterocycles. The quantitative estimate of drug-likeness (QED) is 0.711. The summed E-state index contributed by atoms with van der Waals surface area (Å²) in [7, 11) is 3.14. The van der Waals surface area contributed by atoms with Crippen molar-refractivity contribution in [3.05, 3.63) is 53.8 Å². The van der Waals surface area contributed by atoms with Gasteiger partial charge in [-0.2, -0.15) is 0 Å². The average Bonchev–Trinajstić information content (AvgIpc) is 2.70. The van der Waals surface area contributed by atoms with E-state index < -0.39 is 11.9 Å². The molecule has 2 atom stereocenters. The highest BCUT2D eigenvalue weighted by Crippen LogP contribution is 2.31. The van der Waals surface area contributed by atoms with Crippen LogP contribution in [0.2, 0.25) is 0 Å². The first kappa shape index (κ1) is 20.6. The molecule has 0 aliphatic carbocycles. The van der Waals surface area contributed by atoms with Gasteiger partial charge in [-0.05, 0) is 42.7 Å². The lowest BCUT2D eigenvalue weighted by Crippen LogP contribution is -2.40. The van der Waals surface area contributed by atoms with Crippen molar-refractivity contribution in [3.8, 4) is 17.2 Å². The molecule has 0 aliphatic heterocycles. The summed E-state index contributed by atoms with van der Waals surface area (Å²) in [5.41, 5.74) is 0.893. The van der Waals surface area contributed by atoms with Crippen LogP contribution in [-0.2, 0) is 4.79 Å². The molecule has 0 spiro atoms. The van der Waals surface area contributed by atoms with Crippen LogP contribution in [0.3, 0.4) is 0 Å². The van der Waals surface area contributed by atoms with Gasteiger partial charge in [0.1, 0.15) is 0 Å². The third-order valence-corrected chi connectivity index (χ3v) is 4.30. The monoisotopic (exact) mass is 375 g/mol. The normalized spacial score (nSPS) is 12.8. The standard InChI is InChI=1S/C21H26FNO4/c1-5-16(14-11-12-19(25-3)20(13-14)26-4)23-21(24)17(6-2)27-18-10-8-7-9-15(18)22/h7-13,16-17H,5-6H2,1-4H3,(H,23,24)/t16-,17-/m1/s1. The molecule has 146 valence electrons. The summed E-state index contributed by atoms with van der Waals surface area (Å²) in [5, 5.41) is 2.98. The number of carbonyl (C=O) groups excluding carboxylic acids is 1. The Morgan fingerprint density at radius 3 is 2.30 bits per heavy atom. The van der Waals surface area contributed by atoms with Gasteiger partial charge in [-0.25, -0.2) is 4.39 Å². The van der Waals surface area contributed by atoms with E-state index in [1.54, 1.807) is 32.4 Å². The second-order valence-corrected chi connectivity index (χ2v) is 6.03. The Labute approximate surface area is 159 Å². The molecule has 1 amide bonds. The molecule has 0 aromatic heterocycles. The lowest BCUT2D eigenvalue weighted by molar-refractivity contribution is -0.129. The molecule has 0 aliphatic rings. The van der Waals surface area contributed by atoms with E-state index in [2.05, 4.69) is 5.32 Å². The first-order valence-corrected chi connectivity index (χ1v) is 8.97. The van der Waals surface area contributed by atoms with Crippen LogP contribution in [0.5, 0.6) is 17.2 Å². The maximum atomic E-state index is 13.8. The third-order valence-electron chi connectivity index (χ3n) is 4.30. The number of hydrogen-bond acceptors (Lipinski definition) is 4. The summed E-state index contributed by atoms with van der Waals surface area (Å²) >= 11 is 0. The molecule has 0 fully saturated rings. The molecule has 5 nitrogen and oxygen atoms in total. The molecular formula is C21H26FNO4. The van der Waals surface area contributed by atoms with Crippen molar-refractivity contribution in [3.63, 3.8) is 0 Å². The summed E-state index contributed by atoms with van der Waals surface area (Å²) in [5.74, 6) is 0.505. The fourth-order valence-electron chi connectivity index (χ4n) is 2.77. The molecule has 27 heavy (non-hydrogen) atoms. The zero-order valence-electron chi connectivity index (χ0n) is 16.1. The lowest BCUT2D eigenvalue weighted by atomic mass is 10.0. The fourth-order valence-corrected chi connectivity index (χ4v) is 2.77. The van der Waals surface area contributed by atoms with Crippen LogP contribution in [0.4, 0.5) is 4.39 Å². The van der Waals surface area contributed by atoms with Crippen molar-refractivity contribution in [1.29, 1.82) is 0 Å². The minimum Gasteiger partial charge on any atom is -0.493 e. The van der Waals surface area contributed by atoms with Gasteiger partial charge in [0.2, 0.25) is 0 Å². The Kier molecular flexibility index (Phi) is 7.46. The van der Waals surface area contributed by atoms with E-state index in [0.29, 0.717) is 24.3 Å². The molecule has 0 bridgehead atoms. The lowest BCUT2D eigenvalue weighted by Gasteiger charge is -2.23. The number of nitrogens with one attached hydrogen (secondary N) is 1. The van der Waals surface area contributed by atoms with E-state index in [4.69, 9.17) is 14.2 Å². The van der Waals surface area contributed by atoms with E-state index >= 15 is 0 Å². The highest BCUT2D eigenvalue weighted by Gasteiger charge is 2.23. The smallest absolute Gasteiger partial charge is 0.261 e. The van der Waals surface area contributed by atoms with Crippen LogP contribution >= 0.6 is 0 Å². The van der Waals surface area contributed by atoms with Gasteiger partial charge in [-0.1, -0.05) is 32.0 Å². The van der Waals surface area contributed by atoms with Crippen LogP contribution in [0, 0.1) is 5.82 Å². The molecule has 6 heteroatoms. The maximum Gasteiger partial charge on any atom is 0.261 e. The minimum absolute atomic E-state index is 0.0682. The summed E-state index contributed by atoms with van der Waals surface area (Å²) in [4.78, 5) is 12.7. The second-order valence-electron chi connectivity index (χ2n) is 6.03. The van der Waals surface area contributed by atoms with Crippen LogP contribution in [0.15, 0.2) is 42.5 Å². The fraction of sp³-hybridized carbons (Fsp3) is 0.381. The van der Waals surface area contributed by atoms with Crippen molar-refractivity contribution >= 4 is 5.91 Å². The Morgan fingerprint density at radius 1 is 1.00 bits per heavy atom. The van der Waals surface area contributed by atoms with Gasteiger partial charge in [-0.15, -0.1) is 0 Å². The zero-order chi connectivity index (χ0) is 19.8. The van der Waals surface area contributed by atoms with Crippen molar-refractivity contribution in [2.24, 2.45) is 0 Å². The van der Waals surface area contributed by atoms with Crippen LogP contribution in [0.25, 0.3) is 0 Å². The van der Waals surface area contributed by atoms with E-state index in [0.717, 1.165) is 5.56 Å². The van der Waals surface area contributed by atoms with Gasteiger partial charge < -0.3 is 19.5 Å². The van der Waals surface area contributed by atoms with Crippen molar-refractivity contribution in [2.45, 2.75) is 38.8 Å². The van der Waals surface area contributed by atoms with Gasteiger partial charge in [0, 0.05) is 0 Å². The van der Waals surface area contributed by atoms with Gasteiger partial charge in [0.25, 0.3) is 5.91 Å². The van der Waals surface area contributed by atoms with E-state index in [1.807, 2.05) is 26.0 Å². The maximum absolute atomic E-state index is 13.8. The Hall–Kier alpha value is -2.76. The summed E-state index contributed by atoms with van der Waals surface area (Å²) in [6.07, 6.45) is 0.316. The molecule has 2 aromatic rings. The van der Waals surface area contributed by atoms with Crippen LogP contribution in [-0.4, -0.2) is 26.2 Å². The molecule has 0 radical (unpaired) electrons. The highest BCUT2D eigenvalue weighted by atomic mass is 19.1. The van der Waals surface area contributed by atoms with Crippen molar-refractivity contribution < 1.29 is 23.4 Å². The first-order valence-electron chi connectivity index (χ1n) is 8.97. The van der Waals surface area contributed by atoms with E-state index in [-0.39, 0.29) is 17.7 Å². The molecule has 0 saturated heterocycles.